The zero-order valence-corrected chi connectivity index (χ0v) is 17.5. The molecule has 0 amide bonds. The average Bonchev–Trinajstić information content (AvgIpc) is 2.92. The van der Waals surface area contributed by atoms with Crippen molar-refractivity contribution in [3.8, 4) is 0 Å². The summed E-state index contributed by atoms with van der Waals surface area (Å²) < 4.78 is 2.59. The van der Waals surface area contributed by atoms with Crippen LogP contribution in [0.15, 0.2) is 42.5 Å². The fourth-order valence-electron chi connectivity index (χ4n) is 4.37. The molecule has 0 bridgehead atoms. The number of fused-ring (bicyclic) bond motifs is 3. The Morgan fingerprint density at radius 3 is 2.44 bits per heavy atom. The number of nitrogens with zero attached hydrogens (tertiary/aromatic N) is 2. The van der Waals surface area contributed by atoms with E-state index in [1.54, 1.807) is 11.3 Å². The van der Waals surface area contributed by atoms with Crippen molar-refractivity contribution in [1.29, 1.82) is 0 Å². The van der Waals surface area contributed by atoms with Crippen LogP contribution in [0.5, 0.6) is 0 Å². The highest BCUT2D eigenvalue weighted by Crippen LogP contribution is 2.31. The van der Waals surface area contributed by atoms with Crippen molar-refractivity contribution in [2.24, 2.45) is 0 Å². The van der Waals surface area contributed by atoms with E-state index < -0.39 is 0 Å². The van der Waals surface area contributed by atoms with E-state index in [2.05, 4.69) is 86.7 Å². The number of aromatic nitrogens is 1. The molecule has 3 aromatic rings. The molecule has 0 N–H and O–H groups in total. The van der Waals surface area contributed by atoms with Gasteiger partial charge in [-0.1, -0.05) is 56.7 Å². The highest BCUT2D eigenvalue weighted by atomic mass is 15.1. The molecule has 2 nitrogen and oxygen atoms in total. The van der Waals surface area contributed by atoms with Gasteiger partial charge in [0.15, 0.2) is 0 Å². The monoisotopic (exact) mass is 360 g/mol. The molecular weight excluding hydrogens is 328 g/mol. The minimum atomic E-state index is 0.220. The molecule has 0 spiro atoms. The SMILES string of the molecule is Cc1ccc2c(c1)c1c(n2CCc2ccc(C(C)(C)C)cc2)CCN(C)C1. The predicted molar refractivity (Wildman–Crippen MR) is 116 cm³/mol. The highest BCUT2D eigenvalue weighted by molar-refractivity contribution is 5.86. The van der Waals surface area contributed by atoms with Crippen molar-refractivity contribution >= 4 is 10.9 Å². The maximum absolute atomic E-state index is 2.59. The molecule has 2 heteroatoms. The van der Waals surface area contributed by atoms with Crippen molar-refractivity contribution in [2.45, 2.75) is 59.0 Å². The third-order valence-electron chi connectivity index (χ3n) is 6.04. The van der Waals surface area contributed by atoms with Gasteiger partial charge in [0.25, 0.3) is 0 Å². The summed E-state index contributed by atoms with van der Waals surface area (Å²) in [7, 11) is 2.23. The van der Waals surface area contributed by atoms with Crippen LogP contribution in [0.2, 0.25) is 0 Å². The third kappa shape index (κ3) is 3.55. The molecule has 1 aliphatic rings. The van der Waals surface area contributed by atoms with Gasteiger partial charge in [0.1, 0.15) is 0 Å². The molecule has 0 fully saturated rings. The summed E-state index contributed by atoms with van der Waals surface area (Å²) in [5.74, 6) is 0. The predicted octanol–water partition coefficient (Wildman–Crippen LogP) is 5.48. The van der Waals surface area contributed by atoms with E-state index in [0.29, 0.717) is 0 Å². The van der Waals surface area contributed by atoms with Crippen molar-refractivity contribution in [1.82, 2.24) is 9.47 Å². The lowest BCUT2D eigenvalue weighted by Crippen LogP contribution is -2.27. The van der Waals surface area contributed by atoms with Crippen molar-refractivity contribution < 1.29 is 0 Å². The lowest BCUT2D eigenvalue weighted by Gasteiger charge is -2.24. The second-order valence-electron chi connectivity index (χ2n) is 9.28. The molecule has 27 heavy (non-hydrogen) atoms. The van der Waals surface area contributed by atoms with Gasteiger partial charge in [0.2, 0.25) is 0 Å². The molecule has 142 valence electrons. The van der Waals surface area contributed by atoms with Crippen LogP contribution in [-0.4, -0.2) is 23.1 Å². The van der Waals surface area contributed by atoms with E-state index in [1.807, 2.05) is 0 Å². The van der Waals surface area contributed by atoms with E-state index in [9.17, 15) is 0 Å². The summed E-state index contributed by atoms with van der Waals surface area (Å²) in [6.07, 6.45) is 2.24. The molecule has 1 aliphatic heterocycles. The molecular formula is C25H32N2. The van der Waals surface area contributed by atoms with Crippen LogP contribution in [0.1, 0.15) is 48.7 Å². The standard InChI is InChI=1S/C25H32N2/c1-18-6-11-23-21(16-18)22-17-26(5)14-13-24(22)27(23)15-12-19-7-9-20(10-8-19)25(2,3)4/h6-11,16H,12-15,17H2,1-5H3. The number of hydrogen-bond acceptors (Lipinski definition) is 1. The Labute approximate surface area is 163 Å². The summed E-state index contributed by atoms with van der Waals surface area (Å²) in [4.78, 5) is 2.44. The number of hydrogen-bond donors (Lipinski definition) is 0. The van der Waals surface area contributed by atoms with E-state index in [0.717, 1.165) is 32.5 Å². The quantitative estimate of drug-likeness (QED) is 0.600. The first kappa shape index (κ1) is 18.3. The topological polar surface area (TPSA) is 8.17 Å². The summed E-state index contributed by atoms with van der Waals surface area (Å²) >= 11 is 0. The van der Waals surface area contributed by atoms with E-state index in [-0.39, 0.29) is 5.41 Å². The van der Waals surface area contributed by atoms with Gasteiger partial charge in [-0.2, -0.15) is 0 Å². The third-order valence-corrected chi connectivity index (χ3v) is 6.04. The van der Waals surface area contributed by atoms with E-state index in [4.69, 9.17) is 0 Å². The summed E-state index contributed by atoms with van der Waals surface area (Å²) in [6, 6.07) is 16.2. The minimum absolute atomic E-state index is 0.220. The Bertz CT molecular complexity index is 955. The zero-order valence-electron chi connectivity index (χ0n) is 17.5. The molecule has 0 atom stereocenters. The Kier molecular flexibility index (Phi) is 4.63. The Balaban J connectivity index is 1.64. The average molecular weight is 361 g/mol. The number of aryl methyl sites for hydroxylation is 3. The molecule has 1 aromatic heterocycles. The Morgan fingerprint density at radius 1 is 1.00 bits per heavy atom. The Hall–Kier alpha value is -2.06. The fraction of sp³-hybridized carbons (Fsp3) is 0.440. The van der Waals surface area contributed by atoms with Gasteiger partial charge in [-0.05, 0) is 54.6 Å². The smallest absolute Gasteiger partial charge is 0.0486 e. The van der Waals surface area contributed by atoms with E-state index >= 15 is 0 Å². The maximum atomic E-state index is 2.59. The van der Waals surface area contributed by atoms with Gasteiger partial charge >= 0.3 is 0 Å². The normalized spacial score (nSPS) is 15.3. The first-order valence-electron chi connectivity index (χ1n) is 10.2. The fourth-order valence-corrected chi connectivity index (χ4v) is 4.37. The van der Waals surface area contributed by atoms with Crippen LogP contribution in [-0.2, 0) is 31.3 Å². The first-order chi connectivity index (χ1) is 12.8. The maximum Gasteiger partial charge on any atom is 0.0486 e. The lowest BCUT2D eigenvalue weighted by molar-refractivity contribution is 0.309. The van der Waals surface area contributed by atoms with Gasteiger partial charge in [-0.25, -0.2) is 0 Å². The van der Waals surface area contributed by atoms with Crippen LogP contribution >= 0.6 is 0 Å². The van der Waals surface area contributed by atoms with Crippen molar-refractivity contribution in [2.75, 3.05) is 13.6 Å². The lowest BCUT2D eigenvalue weighted by atomic mass is 9.86. The van der Waals surface area contributed by atoms with Crippen LogP contribution in [0.3, 0.4) is 0 Å². The van der Waals surface area contributed by atoms with Crippen LogP contribution in [0.4, 0.5) is 0 Å². The van der Waals surface area contributed by atoms with Crippen molar-refractivity contribution in [3.05, 3.63) is 70.4 Å². The minimum Gasteiger partial charge on any atom is -0.344 e. The van der Waals surface area contributed by atoms with Gasteiger partial charge in [0.05, 0.1) is 0 Å². The second-order valence-corrected chi connectivity index (χ2v) is 9.28. The summed E-state index contributed by atoms with van der Waals surface area (Å²) in [6.45, 7) is 12.3. The molecule has 0 aliphatic carbocycles. The molecule has 0 unspecified atom stereocenters. The van der Waals surface area contributed by atoms with Crippen LogP contribution < -0.4 is 0 Å². The van der Waals surface area contributed by atoms with Crippen LogP contribution in [0.25, 0.3) is 10.9 Å². The molecule has 2 aromatic carbocycles. The number of benzene rings is 2. The second kappa shape index (κ2) is 6.83. The number of rotatable bonds is 3. The molecule has 4 rings (SSSR count). The molecule has 2 heterocycles. The summed E-state index contributed by atoms with van der Waals surface area (Å²) in [5.41, 5.74) is 8.93. The van der Waals surface area contributed by atoms with Gasteiger partial charge in [0, 0.05) is 42.7 Å². The van der Waals surface area contributed by atoms with Gasteiger partial charge in [-0.15, -0.1) is 0 Å². The van der Waals surface area contributed by atoms with E-state index in [1.165, 1.54) is 27.6 Å². The largest absolute Gasteiger partial charge is 0.344 e. The van der Waals surface area contributed by atoms with Gasteiger partial charge in [-0.3, -0.25) is 0 Å². The highest BCUT2D eigenvalue weighted by Gasteiger charge is 2.22. The van der Waals surface area contributed by atoms with Crippen LogP contribution in [0, 0.1) is 6.92 Å². The summed E-state index contributed by atoms with van der Waals surface area (Å²) in [5, 5.41) is 1.46. The zero-order chi connectivity index (χ0) is 19.2. The van der Waals surface area contributed by atoms with Crippen molar-refractivity contribution in [3.63, 3.8) is 0 Å². The molecule has 0 saturated heterocycles. The first-order valence-corrected chi connectivity index (χ1v) is 10.2. The van der Waals surface area contributed by atoms with Gasteiger partial charge < -0.3 is 9.47 Å². The molecule has 0 radical (unpaired) electrons. The molecule has 0 saturated carbocycles. The number of likely N-dealkylation sites (N-methyl/N-ethyl adjacent to an activating group) is 1. The Morgan fingerprint density at radius 2 is 1.74 bits per heavy atom.